The summed E-state index contributed by atoms with van der Waals surface area (Å²) in [5.74, 6) is 1.67. The van der Waals surface area contributed by atoms with E-state index in [0.717, 1.165) is 25.8 Å². The molecule has 2 heterocycles. The lowest BCUT2D eigenvalue weighted by atomic mass is 9.94. The highest BCUT2D eigenvalue weighted by atomic mass is 16.6. The first kappa shape index (κ1) is 17.9. The molecule has 25 heavy (non-hydrogen) atoms. The van der Waals surface area contributed by atoms with Crippen LogP contribution in [0, 0.1) is 0 Å². The molecule has 138 valence electrons. The zero-order valence-corrected chi connectivity index (χ0v) is 15.6. The van der Waals surface area contributed by atoms with Gasteiger partial charge in [0.25, 0.3) is 0 Å². The second-order valence-electron chi connectivity index (χ2n) is 7.89. The van der Waals surface area contributed by atoms with Crippen molar-refractivity contribution < 1.29 is 14.1 Å². The maximum atomic E-state index is 12.4. The van der Waals surface area contributed by atoms with Gasteiger partial charge in [0.1, 0.15) is 5.60 Å². The van der Waals surface area contributed by atoms with Crippen molar-refractivity contribution in [1.29, 1.82) is 0 Å². The molecular weight excluding hydrogens is 320 g/mol. The number of aromatic nitrogens is 2. The molecule has 7 heteroatoms. The van der Waals surface area contributed by atoms with Gasteiger partial charge in [-0.2, -0.15) is 4.98 Å². The average molecular weight is 348 g/mol. The molecule has 2 aliphatic rings. The fourth-order valence-corrected chi connectivity index (χ4v) is 3.21. The van der Waals surface area contributed by atoms with Crippen molar-refractivity contribution in [3.8, 4) is 0 Å². The molecule has 0 aromatic carbocycles. The second-order valence-corrected chi connectivity index (χ2v) is 7.89. The Morgan fingerprint density at radius 1 is 1.32 bits per heavy atom. The maximum Gasteiger partial charge on any atom is 0.410 e. The molecule has 2 unspecified atom stereocenters. The number of likely N-dealkylation sites (N-methyl/N-ethyl adjacent to an activating group) is 1. The minimum Gasteiger partial charge on any atom is -0.444 e. The zero-order chi connectivity index (χ0) is 18.0. The molecule has 0 bridgehead atoms. The Morgan fingerprint density at radius 3 is 2.80 bits per heavy atom. The first-order valence-electron chi connectivity index (χ1n) is 9.00. The molecule has 0 radical (unpaired) electrons. The van der Waals surface area contributed by atoms with Gasteiger partial charge in [-0.1, -0.05) is 17.3 Å². The zero-order valence-electron chi connectivity index (χ0n) is 15.6. The molecule has 0 N–H and O–H groups in total. The van der Waals surface area contributed by atoms with Gasteiger partial charge in [0.05, 0.1) is 6.04 Å². The van der Waals surface area contributed by atoms with E-state index in [1.807, 2.05) is 27.8 Å². The van der Waals surface area contributed by atoms with E-state index < -0.39 is 5.60 Å². The lowest BCUT2D eigenvalue weighted by Gasteiger charge is -2.38. The lowest BCUT2D eigenvalue weighted by Crippen LogP contribution is -2.50. The van der Waals surface area contributed by atoms with E-state index in [9.17, 15) is 4.79 Å². The molecule has 1 fully saturated rings. The van der Waals surface area contributed by atoms with Crippen molar-refractivity contribution in [2.45, 2.75) is 57.6 Å². The van der Waals surface area contributed by atoms with Gasteiger partial charge in [-0.25, -0.2) is 4.79 Å². The second kappa shape index (κ2) is 7.15. The summed E-state index contributed by atoms with van der Waals surface area (Å²) in [5, 5.41) is 4.20. The van der Waals surface area contributed by atoms with E-state index in [2.05, 4.69) is 27.2 Å². The van der Waals surface area contributed by atoms with Crippen molar-refractivity contribution in [2.24, 2.45) is 0 Å². The topological polar surface area (TPSA) is 71.7 Å². The number of ether oxygens (including phenoxy) is 1. The molecule has 0 spiro atoms. The highest BCUT2D eigenvalue weighted by Crippen LogP contribution is 2.30. The number of hydrogen-bond acceptors (Lipinski definition) is 6. The highest BCUT2D eigenvalue weighted by Gasteiger charge is 2.34. The van der Waals surface area contributed by atoms with Gasteiger partial charge in [0, 0.05) is 25.6 Å². The number of rotatable bonds is 2. The number of piperazine rings is 1. The molecule has 2 atom stereocenters. The minimum atomic E-state index is -0.496. The maximum absolute atomic E-state index is 12.4. The van der Waals surface area contributed by atoms with E-state index in [-0.39, 0.29) is 12.1 Å². The number of carbonyl (C=O) groups excluding carboxylic acids is 1. The Morgan fingerprint density at radius 2 is 2.12 bits per heavy atom. The monoisotopic (exact) mass is 348 g/mol. The van der Waals surface area contributed by atoms with E-state index in [1.54, 1.807) is 4.90 Å². The molecule has 1 aromatic rings. The molecule has 3 rings (SSSR count). The number of carbonyl (C=O) groups is 1. The summed E-state index contributed by atoms with van der Waals surface area (Å²) in [6.07, 6.45) is 7.13. The number of hydrogen-bond donors (Lipinski definition) is 0. The molecule has 1 aromatic heterocycles. The van der Waals surface area contributed by atoms with Crippen LogP contribution in [-0.2, 0) is 4.74 Å². The summed E-state index contributed by atoms with van der Waals surface area (Å²) >= 11 is 0. The first-order chi connectivity index (χ1) is 11.8. The molecule has 1 saturated heterocycles. The Balaban J connectivity index is 1.69. The molecule has 0 saturated carbocycles. The summed E-state index contributed by atoms with van der Waals surface area (Å²) < 4.78 is 11.0. The Bertz CT molecular complexity index is 635. The van der Waals surface area contributed by atoms with E-state index in [1.165, 1.54) is 0 Å². The lowest BCUT2D eigenvalue weighted by molar-refractivity contribution is 0.00633. The SMILES string of the molecule is CN1CCN(C(=O)OC(C)(C)C)CC1c1noc(C2CC=CCC2)n1. The summed E-state index contributed by atoms with van der Waals surface area (Å²) in [6, 6.07) is -0.0714. The predicted octanol–water partition coefficient (Wildman–Crippen LogP) is 3.12. The van der Waals surface area contributed by atoms with Crippen LogP contribution in [0.3, 0.4) is 0 Å². The van der Waals surface area contributed by atoms with Crippen LogP contribution in [0.15, 0.2) is 16.7 Å². The van der Waals surface area contributed by atoms with Crippen LogP contribution in [0.4, 0.5) is 4.79 Å². The van der Waals surface area contributed by atoms with Gasteiger partial charge < -0.3 is 14.2 Å². The Labute approximate surface area is 149 Å². The Kier molecular flexibility index (Phi) is 5.13. The van der Waals surface area contributed by atoms with Crippen molar-refractivity contribution >= 4 is 6.09 Å². The molecule has 1 aliphatic heterocycles. The van der Waals surface area contributed by atoms with E-state index >= 15 is 0 Å². The summed E-state index contributed by atoms with van der Waals surface area (Å²) in [4.78, 5) is 20.9. The van der Waals surface area contributed by atoms with Crippen molar-refractivity contribution in [1.82, 2.24) is 19.9 Å². The quantitative estimate of drug-likeness (QED) is 0.765. The van der Waals surface area contributed by atoms with Crippen LogP contribution in [0.2, 0.25) is 0 Å². The van der Waals surface area contributed by atoms with E-state index in [4.69, 9.17) is 9.26 Å². The van der Waals surface area contributed by atoms with Crippen molar-refractivity contribution in [2.75, 3.05) is 26.7 Å². The molecule has 1 aliphatic carbocycles. The largest absolute Gasteiger partial charge is 0.444 e. The first-order valence-corrected chi connectivity index (χ1v) is 9.00. The van der Waals surface area contributed by atoms with Crippen molar-refractivity contribution in [3.63, 3.8) is 0 Å². The standard InChI is InChI=1S/C18H28N4O3/c1-18(2,3)24-17(23)22-11-10-21(4)14(12-22)15-19-16(25-20-15)13-8-6-5-7-9-13/h5-6,13-14H,7-12H2,1-4H3. The van der Waals surface area contributed by atoms with Gasteiger partial charge in [-0.05, 0) is 47.1 Å². The molecular formula is C18H28N4O3. The number of allylic oxidation sites excluding steroid dienone is 2. The summed E-state index contributed by atoms with van der Waals surface area (Å²) in [6.45, 7) is 7.53. The molecule has 7 nitrogen and oxygen atoms in total. The smallest absolute Gasteiger partial charge is 0.410 e. The third-order valence-corrected chi connectivity index (χ3v) is 4.67. The molecule has 1 amide bonds. The van der Waals surface area contributed by atoms with E-state index in [0.29, 0.717) is 30.7 Å². The van der Waals surface area contributed by atoms with Gasteiger partial charge in [-0.3, -0.25) is 4.90 Å². The van der Waals surface area contributed by atoms with Crippen LogP contribution < -0.4 is 0 Å². The van der Waals surface area contributed by atoms with Crippen LogP contribution >= 0.6 is 0 Å². The van der Waals surface area contributed by atoms with Crippen LogP contribution in [-0.4, -0.2) is 58.3 Å². The van der Waals surface area contributed by atoms with Crippen LogP contribution in [0.25, 0.3) is 0 Å². The highest BCUT2D eigenvalue weighted by molar-refractivity contribution is 5.68. The van der Waals surface area contributed by atoms with Gasteiger partial charge in [0.15, 0.2) is 5.82 Å². The fourth-order valence-electron chi connectivity index (χ4n) is 3.21. The normalized spacial score (nSPS) is 25.2. The fraction of sp³-hybridized carbons (Fsp3) is 0.722. The predicted molar refractivity (Wildman–Crippen MR) is 93.2 cm³/mol. The van der Waals surface area contributed by atoms with Gasteiger partial charge in [-0.15, -0.1) is 0 Å². The summed E-state index contributed by atoms with van der Waals surface area (Å²) in [7, 11) is 2.02. The third kappa shape index (κ3) is 4.39. The number of nitrogens with zero attached hydrogens (tertiary/aromatic N) is 4. The van der Waals surface area contributed by atoms with Crippen LogP contribution in [0.5, 0.6) is 0 Å². The Hall–Kier alpha value is -1.89. The van der Waals surface area contributed by atoms with Crippen LogP contribution in [0.1, 0.15) is 63.7 Å². The third-order valence-electron chi connectivity index (χ3n) is 4.67. The van der Waals surface area contributed by atoms with Gasteiger partial charge >= 0.3 is 6.09 Å². The summed E-state index contributed by atoms with van der Waals surface area (Å²) in [5.41, 5.74) is -0.496. The van der Waals surface area contributed by atoms with Crippen molar-refractivity contribution in [3.05, 3.63) is 23.9 Å². The average Bonchev–Trinajstić information content (AvgIpc) is 3.04. The minimum absolute atomic E-state index is 0.0714. The van der Waals surface area contributed by atoms with Gasteiger partial charge in [0.2, 0.25) is 5.89 Å². The number of amides is 1.